The van der Waals surface area contributed by atoms with E-state index in [-0.39, 0.29) is 12.5 Å². The summed E-state index contributed by atoms with van der Waals surface area (Å²) < 4.78 is 10.5. The van der Waals surface area contributed by atoms with Gasteiger partial charge in [-0.25, -0.2) is 0 Å². The Morgan fingerprint density at radius 3 is 2.44 bits per heavy atom. The summed E-state index contributed by atoms with van der Waals surface area (Å²) in [5, 5.41) is 15.0. The highest BCUT2D eigenvalue weighted by atomic mass is 16.5. The van der Waals surface area contributed by atoms with Crippen LogP contribution < -0.4 is 14.8 Å². The van der Waals surface area contributed by atoms with Crippen molar-refractivity contribution in [2.75, 3.05) is 13.7 Å². The number of carbonyl (C=O) groups excluding carboxylic acids is 1. The molecular weight excluding hydrogens is 346 g/mol. The molecule has 0 radical (unpaired) electrons. The Kier molecular flexibility index (Phi) is 5.98. The molecule has 2 aromatic carbocycles. The second kappa shape index (κ2) is 8.79. The molecule has 0 aliphatic heterocycles. The van der Waals surface area contributed by atoms with Crippen molar-refractivity contribution < 1.29 is 14.3 Å². The molecule has 0 aliphatic carbocycles. The van der Waals surface area contributed by atoms with Crippen LogP contribution in [0.3, 0.4) is 0 Å². The molecule has 1 heterocycles. The number of amides is 1. The molecule has 1 amide bonds. The van der Waals surface area contributed by atoms with Crippen molar-refractivity contribution >= 4 is 5.91 Å². The molecule has 27 heavy (non-hydrogen) atoms. The van der Waals surface area contributed by atoms with Crippen LogP contribution in [0.15, 0.2) is 48.5 Å². The molecule has 3 rings (SSSR count). The highest BCUT2D eigenvalue weighted by molar-refractivity contribution is 5.75. The van der Waals surface area contributed by atoms with E-state index in [0.717, 1.165) is 22.6 Å². The van der Waals surface area contributed by atoms with Gasteiger partial charge in [-0.05, 0) is 54.1 Å². The molecule has 140 valence electrons. The lowest BCUT2D eigenvalue weighted by atomic mass is 10.2. The number of carbonyl (C=O) groups is 1. The van der Waals surface area contributed by atoms with E-state index in [1.807, 2.05) is 55.5 Å². The van der Waals surface area contributed by atoms with Crippen LogP contribution >= 0.6 is 0 Å². The predicted molar refractivity (Wildman–Crippen MR) is 99.3 cm³/mol. The Morgan fingerprint density at radius 1 is 1.07 bits per heavy atom. The van der Waals surface area contributed by atoms with Crippen LogP contribution in [0.25, 0.3) is 11.4 Å². The fourth-order valence-electron chi connectivity index (χ4n) is 2.42. The number of ether oxygens (including phenoxy) is 2. The van der Waals surface area contributed by atoms with Gasteiger partial charge in [0.05, 0.1) is 13.7 Å². The molecular formula is C19H21N5O3. The zero-order chi connectivity index (χ0) is 19.1. The van der Waals surface area contributed by atoms with Crippen molar-refractivity contribution in [2.45, 2.75) is 20.0 Å². The van der Waals surface area contributed by atoms with E-state index in [2.05, 4.69) is 20.7 Å². The minimum Gasteiger partial charge on any atom is -0.497 e. The van der Waals surface area contributed by atoms with Crippen LogP contribution in [0.5, 0.6) is 11.5 Å². The Bertz CT molecular complexity index is 875. The normalized spacial score (nSPS) is 10.4. The highest BCUT2D eigenvalue weighted by Gasteiger charge is 2.09. The van der Waals surface area contributed by atoms with Gasteiger partial charge in [0.2, 0.25) is 11.7 Å². The van der Waals surface area contributed by atoms with E-state index in [9.17, 15) is 4.79 Å². The first kappa shape index (κ1) is 18.4. The van der Waals surface area contributed by atoms with Crippen molar-refractivity contribution in [1.82, 2.24) is 25.5 Å². The molecule has 0 atom stereocenters. The molecule has 3 aromatic rings. The van der Waals surface area contributed by atoms with Gasteiger partial charge in [0.1, 0.15) is 18.0 Å². The summed E-state index contributed by atoms with van der Waals surface area (Å²) in [4.78, 5) is 13.4. The number of nitrogens with zero attached hydrogens (tertiary/aromatic N) is 4. The average molecular weight is 367 g/mol. The van der Waals surface area contributed by atoms with Gasteiger partial charge in [0.15, 0.2) is 0 Å². The number of rotatable bonds is 8. The first-order valence-electron chi connectivity index (χ1n) is 8.58. The quantitative estimate of drug-likeness (QED) is 0.655. The monoisotopic (exact) mass is 367 g/mol. The molecule has 0 unspecified atom stereocenters. The number of hydrogen-bond acceptors (Lipinski definition) is 6. The number of aromatic nitrogens is 4. The zero-order valence-electron chi connectivity index (χ0n) is 15.3. The highest BCUT2D eigenvalue weighted by Crippen LogP contribution is 2.18. The van der Waals surface area contributed by atoms with Gasteiger partial charge in [-0.1, -0.05) is 12.1 Å². The predicted octanol–water partition coefficient (Wildman–Crippen LogP) is 2.06. The smallest absolute Gasteiger partial charge is 0.243 e. The lowest BCUT2D eigenvalue weighted by molar-refractivity contribution is -0.122. The van der Waals surface area contributed by atoms with Crippen molar-refractivity contribution in [1.29, 1.82) is 0 Å². The third kappa shape index (κ3) is 5.04. The molecule has 1 N–H and O–H groups in total. The summed E-state index contributed by atoms with van der Waals surface area (Å²) in [7, 11) is 1.61. The molecule has 0 spiro atoms. The number of benzene rings is 2. The summed E-state index contributed by atoms with van der Waals surface area (Å²) in [6.45, 7) is 2.96. The summed E-state index contributed by atoms with van der Waals surface area (Å²) >= 11 is 0. The Balaban J connectivity index is 1.54. The molecule has 8 nitrogen and oxygen atoms in total. The average Bonchev–Trinajstić information content (AvgIpc) is 3.16. The fourth-order valence-corrected chi connectivity index (χ4v) is 2.42. The van der Waals surface area contributed by atoms with Gasteiger partial charge in [-0.15, -0.1) is 10.2 Å². The third-order valence-electron chi connectivity index (χ3n) is 3.81. The second-order valence-corrected chi connectivity index (χ2v) is 5.73. The maximum absolute atomic E-state index is 12.1. The molecule has 0 saturated heterocycles. The van der Waals surface area contributed by atoms with Crippen LogP contribution in [-0.4, -0.2) is 39.8 Å². The summed E-state index contributed by atoms with van der Waals surface area (Å²) in [5.74, 6) is 1.83. The van der Waals surface area contributed by atoms with E-state index >= 15 is 0 Å². The lowest BCUT2D eigenvalue weighted by Crippen LogP contribution is -2.28. The van der Waals surface area contributed by atoms with Crippen molar-refractivity contribution in [3.05, 3.63) is 54.1 Å². The molecule has 1 aromatic heterocycles. The van der Waals surface area contributed by atoms with Gasteiger partial charge in [0.25, 0.3) is 0 Å². The largest absolute Gasteiger partial charge is 0.497 e. The molecule has 0 bridgehead atoms. The summed E-state index contributed by atoms with van der Waals surface area (Å²) in [6, 6.07) is 14.9. The maximum Gasteiger partial charge on any atom is 0.243 e. The van der Waals surface area contributed by atoms with Gasteiger partial charge >= 0.3 is 0 Å². The van der Waals surface area contributed by atoms with E-state index < -0.39 is 0 Å². The first-order valence-corrected chi connectivity index (χ1v) is 8.58. The number of tetrazole rings is 1. The van der Waals surface area contributed by atoms with E-state index in [0.29, 0.717) is 19.0 Å². The summed E-state index contributed by atoms with van der Waals surface area (Å²) in [6.07, 6.45) is 0. The SMILES string of the molecule is CCOc1ccc(-c2nnn(CC(=O)NCc3ccc(OC)cc3)n2)cc1. The second-order valence-electron chi connectivity index (χ2n) is 5.73. The summed E-state index contributed by atoms with van der Waals surface area (Å²) in [5.41, 5.74) is 1.79. The minimum absolute atomic E-state index is 0.000183. The van der Waals surface area contributed by atoms with Crippen molar-refractivity contribution in [3.63, 3.8) is 0 Å². The zero-order valence-corrected chi connectivity index (χ0v) is 15.3. The number of methoxy groups -OCH3 is 1. The number of hydrogen-bond donors (Lipinski definition) is 1. The lowest BCUT2D eigenvalue weighted by Gasteiger charge is -2.05. The van der Waals surface area contributed by atoms with Crippen LogP contribution in [-0.2, 0) is 17.9 Å². The van der Waals surface area contributed by atoms with Gasteiger partial charge in [-0.2, -0.15) is 4.80 Å². The standard InChI is InChI=1S/C19H21N5O3/c1-3-27-17-10-6-15(7-11-17)19-21-23-24(22-19)13-18(25)20-12-14-4-8-16(26-2)9-5-14/h4-11H,3,12-13H2,1-2H3,(H,20,25). The number of nitrogens with one attached hydrogen (secondary N) is 1. The first-order chi connectivity index (χ1) is 13.2. The van der Waals surface area contributed by atoms with Gasteiger partial charge in [-0.3, -0.25) is 4.79 Å². The Labute approximate surface area is 157 Å². The maximum atomic E-state index is 12.1. The van der Waals surface area contributed by atoms with Crippen LogP contribution in [0.4, 0.5) is 0 Å². The molecule has 0 aliphatic rings. The fraction of sp³-hybridized carbons (Fsp3) is 0.263. The minimum atomic E-state index is -0.193. The van der Waals surface area contributed by atoms with Gasteiger partial charge < -0.3 is 14.8 Å². The van der Waals surface area contributed by atoms with Crippen LogP contribution in [0.2, 0.25) is 0 Å². The molecule has 0 fully saturated rings. The third-order valence-corrected chi connectivity index (χ3v) is 3.81. The van der Waals surface area contributed by atoms with E-state index in [4.69, 9.17) is 9.47 Å². The molecule has 8 heteroatoms. The Morgan fingerprint density at radius 2 is 1.78 bits per heavy atom. The Hall–Kier alpha value is -3.42. The van der Waals surface area contributed by atoms with Gasteiger partial charge in [0, 0.05) is 12.1 Å². The topological polar surface area (TPSA) is 91.2 Å². The van der Waals surface area contributed by atoms with Crippen molar-refractivity contribution in [3.8, 4) is 22.9 Å². The van der Waals surface area contributed by atoms with Crippen LogP contribution in [0.1, 0.15) is 12.5 Å². The van der Waals surface area contributed by atoms with E-state index in [1.165, 1.54) is 4.80 Å². The molecule has 0 saturated carbocycles. The van der Waals surface area contributed by atoms with E-state index in [1.54, 1.807) is 7.11 Å². The van der Waals surface area contributed by atoms with Crippen molar-refractivity contribution in [2.24, 2.45) is 0 Å². The van der Waals surface area contributed by atoms with Crippen LogP contribution in [0, 0.1) is 0 Å².